The highest BCUT2D eigenvalue weighted by Gasteiger charge is 2.13. The first kappa shape index (κ1) is 15.0. The molecule has 0 radical (unpaired) electrons. The topological polar surface area (TPSA) is 69.6 Å². The van der Waals surface area contributed by atoms with Gasteiger partial charge in [0.25, 0.3) is 0 Å². The van der Waals surface area contributed by atoms with Crippen LogP contribution in [0.2, 0.25) is 0 Å². The first-order valence-corrected chi connectivity index (χ1v) is 6.35. The summed E-state index contributed by atoms with van der Waals surface area (Å²) in [6, 6.07) is 5.09. The minimum atomic E-state index is -0.999. The zero-order valence-electron chi connectivity index (χ0n) is 11.6. The molecule has 0 aliphatic carbocycles. The molecule has 5 heteroatoms. The van der Waals surface area contributed by atoms with Gasteiger partial charge in [0.1, 0.15) is 0 Å². The Morgan fingerprint density at radius 3 is 2.42 bits per heavy atom. The molecule has 2 N–H and O–H groups in total. The Morgan fingerprint density at radius 2 is 1.89 bits per heavy atom. The van der Waals surface area contributed by atoms with Crippen molar-refractivity contribution in [1.29, 1.82) is 0 Å². The normalized spacial score (nSPS) is 10.1. The molecule has 0 aliphatic rings. The number of benzene rings is 1. The lowest BCUT2D eigenvalue weighted by Crippen LogP contribution is -2.35. The monoisotopic (exact) mass is 264 g/mol. The third-order valence-corrected chi connectivity index (χ3v) is 2.95. The molecular formula is C14H20N2O3. The number of anilines is 1. The van der Waals surface area contributed by atoms with Crippen molar-refractivity contribution in [3.05, 3.63) is 29.3 Å². The summed E-state index contributed by atoms with van der Waals surface area (Å²) in [4.78, 5) is 24.7. The number of hydrogen-bond donors (Lipinski definition) is 2. The van der Waals surface area contributed by atoms with E-state index in [4.69, 9.17) is 5.11 Å². The van der Waals surface area contributed by atoms with Crippen molar-refractivity contribution >= 4 is 17.6 Å². The summed E-state index contributed by atoms with van der Waals surface area (Å²) in [6.45, 7) is 7.06. The third-order valence-electron chi connectivity index (χ3n) is 2.95. The van der Waals surface area contributed by atoms with Crippen LogP contribution in [0.3, 0.4) is 0 Å². The van der Waals surface area contributed by atoms with Crippen LogP contribution < -0.4 is 5.32 Å². The average molecular weight is 264 g/mol. The van der Waals surface area contributed by atoms with E-state index in [1.165, 1.54) is 0 Å². The number of nitrogens with zero attached hydrogens (tertiary/aromatic N) is 1. The van der Waals surface area contributed by atoms with E-state index in [2.05, 4.69) is 5.32 Å². The smallest absolute Gasteiger partial charge is 0.337 e. The molecule has 0 aliphatic heterocycles. The van der Waals surface area contributed by atoms with Gasteiger partial charge in [-0.1, -0.05) is 11.6 Å². The Bertz CT molecular complexity index is 468. The fourth-order valence-electron chi connectivity index (χ4n) is 1.85. The molecule has 0 atom stereocenters. The minimum absolute atomic E-state index is 0.0399. The number of carboxylic acids is 1. The van der Waals surface area contributed by atoms with Gasteiger partial charge in [-0.15, -0.1) is 0 Å². The molecule has 0 aromatic heterocycles. The molecule has 0 bridgehead atoms. The maximum Gasteiger partial charge on any atom is 0.337 e. The van der Waals surface area contributed by atoms with Gasteiger partial charge in [0.15, 0.2) is 0 Å². The predicted octanol–water partition coefficient (Wildman–Crippen LogP) is 1.97. The molecule has 0 fully saturated rings. The number of aryl methyl sites for hydroxylation is 1. The number of amides is 1. The molecule has 0 heterocycles. The van der Waals surface area contributed by atoms with Gasteiger partial charge in [-0.2, -0.15) is 0 Å². The van der Waals surface area contributed by atoms with Crippen molar-refractivity contribution in [1.82, 2.24) is 4.90 Å². The van der Waals surface area contributed by atoms with Gasteiger partial charge in [-0.3, -0.25) is 4.79 Å². The summed E-state index contributed by atoms with van der Waals surface area (Å²) in [5.41, 5.74) is 1.53. The van der Waals surface area contributed by atoms with E-state index in [9.17, 15) is 9.59 Å². The van der Waals surface area contributed by atoms with Gasteiger partial charge >= 0.3 is 5.97 Å². The molecule has 19 heavy (non-hydrogen) atoms. The van der Waals surface area contributed by atoms with E-state index in [-0.39, 0.29) is 18.0 Å². The van der Waals surface area contributed by atoms with Crippen LogP contribution in [0.1, 0.15) is 29.8 Å². The molecule has 0 spiro atoms. The Hall–Kier alpha value is -2.04. The fraction of sp³-hybridized carbons (Fsp3) is 0.429. The van der Waals surface area contributed by atoms with Gasteiger partial charge in [0.2, 0.25) is 5.91 Å². The zero-order chi connectivity index (χ0) is 14.4. The molecule has 1 amide bonds. The van der Waals surface area contributed by atoms with Crippen LogP contribution in [-0.4, -0.2) is 41.5 Å². The molecule has 104 valence electrons. The number of nitrogens with one attached hydrogen (secondary N) is 1. The first-order valence-electron chi connectivity index (χ1n) is 6.35. The highest BCUT2D eigenvalue weighted by atomic mass is 16.4. The standard InChI is InChI=1S/C14H20N2O3/c1-4-16(5-2)13(17)9-15-12-7-6-10(3)8-11(12)14(18)19/h6-8,15H,4-5,9H2,1-3H3,(H,18,19). The Balaban J connectivity index is 2.78. The second-order valence-corrected chi connectivity index (χ2v) is 4.27. The van der Waals surface area contributed by atoms with Crippen LogP contribution in [0.15, 0.2) is 18.2 Å². The summed E-state index contributed by atoms with van der Waals surface area (Å²) >= 11 is 0. The van der Waals surface area contributed by atoms with Crippen LogP contribution in [0, 0.1) is 6.92 Å². The van der Waals surface area contributed by atoms with Gasteiger partial charge in [-0.05, 0) is 32.9 Å². The van der Waals surface area contributed by atoms with Crippen LogP contribution in [0.25, 0.3) is 0 Å². The van der Waals surface area contributed by atoms with Gasteiger partial charge in [0, 0.05) is 18.8 Å². The number of carboxylic acid groups (broad SMARTS) is 1. The molecule has 0 saturated heterocycles. The van der Waals surface area contributed by atoms with Crippen LogP contribution in [0.4, 0.5) is 5.69 Å². The number of likely N-dealkylation sites (N-methyl/N-ethyl adjacent to an activating group) is 1. The maximum absolute atomic E-state index is 11.8. The van der Waals surface area contributed by atoms with Crippen molar-refractivity contribution in [2.45, 2.75) is 20.8 Å². The molecule has 0 saturated carbocycles. The molecular weight excluding hydrogens is 244 g/mol. The summed E-state index contributed by atoms with van der Waals surface area (Å²) in [5, 5.41) is 12.0. The highest BCUT2D eigenvalue weighted by molar-refractivity contribution is 5.95. The number of aromatic carboxylic acids is 1. The van der Waals surface area contributed by atoms with Crippen molar-refractivity contribution < 1.29 is 14.7 Å². The van der Waals surface area contributed by atoms with Crippen molar-refractivity contribution in [3.8, 4) is 0 Å². The van der Waals surface area contributed by atoms with E-state index in [1.807, 2.05) is 26.8 Å². The van der Waals surface area contributed by atoms with E-state index in [0.29, 0.717) is 18.8 Å². The molecule has 1 aromatic carbocycles. The average Bonchev–Trinajstić information content (AvgIpc) is 2.38. The zero-order valence-corrected chi connectivity index (χ0v) is 11.6. The quantitative estimate of drug-likeness (QED) is 0.824. The Kier molecular flexibility index (Phi) is 5.36. The van der Waals surface area contributed by atoms with Crippen LogP contribution in [-0.2, 0) is 4.79 Å². The number of hydrogen-bond acceptors (Lipinski definition) is 3. The maximum atomic E-state index is 11.8. The lowest BCUT2D eigenvalue weighted by atomic mass is 10.1. The fourth-order valence-corrected chi connectivity index (χ4v) is 1.85. The molecule has 1 aromatic rings. The Morgan fingerprint density at radius 1 is 1.26 bits per heavy atom. The van der Waals surface area contributed by atoms with Crippen LogP contribution >= 0.6 is 0 Å². The highest BCUT2D eigenvalue weighted by Crippen LogP contribution is 2.17. The van der Waals surface area contributed by atoms with E-state index >= 15 is 0 Å². The third kappa shape index (κ3) is 3.98. The van der Waals surface area contributed by atoms with Crippen LogP contribution in [0.5, 0.6) is 0 Å². The summed E-state index contributed by atoms with van der Waals surface area (Å²) in [6.07, 6.45) is 0. The second kappa shape index (κ2) is 6.78. The number of carbonyl (C=O) groups is 2. The SMILES string of the molecule is CCN(CC)C(=O)CNc1ccc(C)cc1C(=O)O. The Labute approximate surface area is 113 Å². The molecule has 5 nitrogen and oxygen atoms in total. The summed E-state index contributed by atoms with van der Waals surface area (Å²) in [5.74, 6) is -1.04. The first-order chi connectivity index (χ1) is 8.99. The van der Waals surface area contributed by atoms with Gasteiger partial charge < -0.3 is 15.3 Å². The van der Waals surface area contributed by atoms with Crippen molar-refractivity contribution in [3.63, 3.8) is 0 Å². The lowest BCUT2D eigenvalue weighted by molar-refractivity contribution is -0.128. The second-order valence-electron chi connectivity index (χ2n) is 4.27. The van der Waals surface area contributed by atoms with Gasteiger partial charge in [-0.25, -0.2) is 4.79 Å². The lowest BCUT2D eigenvalue weighted by Gasteiger charge is -2.19. The molecule has 1 rings (SSSR count). The number of rotatable bonds is 6. The minimum Gasteiger partial charge on any atom is -0.478 e. The van der Waals surface area contributed by atoms with E-state index in [0.717, 1.165) is 5.56 Å². The van der Waals surface area contributed by atoms with E-state index < -0.39 is 5.97 Å². The summed E-state index contributed by atoms with van der Waals surface area (Å²) < 4.78 is 0. The van der Waals surface area contributed by atoms with Crippen molar-refractivity contribution in [2.75, 3.05) is 25.0 Å². The summed E-state index contributed by atoms with van der Waals surface area (Å²) in [7, 11) is 0. The van der Waals surface area contributed by atoms with Gasteiger partial charge in [0.05, 0.1) is 12.1 Å². The largest absolute Gasteiger partial charge is 0.478 e. The van der Waals surface area contributed by atoms with E-state index in [1.54, 1.807) is 17.0 Å². The van der Waals surface area contributed by atoms with Crippen molar-refractivity contribution in [2.24, 2.45) is 0 Å². The molecule has 0 unspecified atom stereocenters. The number of carbonyl (C=O) groups excluding carboxylic acids is 1. The predicted molar refractivity (Wildman–Crippen MR) is 74.6 cm³/mol.